The summed E-state index contributed by atoms with van der Waals surface area (Å²) in [5.41, 5.74) is 4.11. The van der Waals surface area contributed by atoms with E-state index in [0.717, 1.165) is 16.9 Å². The fourth-order valence-electron chi connectivity index (χ4n) is 3.79. The van der Waals surface area contributed by atoms with Gasteiger partial charge in [0, 0.05) is 29.7 Å². The van der Waals surface area contributed by atoms with Crippen molar-refractivity contribution in [1.29, 1.82) is 0 Å². The van der Waals surface area contributed by atoms with Crippen LogP contribution in [0.15, 0.2) is 60.1 Å². The van der Waals surface area contributed by atoms with E-state index in [1.54, 1.807) is 17.5 Å². The average Bonchev–Trinajstić information content (AvgIpc) is 3.29. The molecule has 154 valence electrons. The third-order valence-corrected chi connectivity index (χ3v) is 6.69. The molecule has 1 aromatic carbocycles. The van der Waals surface area contributed by atoms with Crippen molar-refractivity contribution in [2.45, 2.75) is 32.4 Å². The van der Waals surface area contributed by atoms with Gasteiger partial charge in [0.25, 0.3) is 0 Å². The Bertz CT molecular complexity index is 1050. The van der Waals surface area contributed by atoms with Crippen molar-refractivity contribution in [3.8, 4) is 0 Å². The van der Waals surface area contributed by atoms with Crippen molar-refractivity contribution in [2.75, 3.05) is 11.9 Å². The molecular formula is C23H24N4OS2. The maximum absolute atomic E-state index is 12.6. The van der Waals surface area contributed by atoms with Gasteiger partial charge in [-0.1, -0.05) is 18.2 Å². The van der Waals surface area contributed by atoms with Gasteiger partial charge in [0.15, 0.2) is 5.11 Å². The predicted molar refractivity (Wildman–Crippen MR) is 126 cm³/mol. The van der Waals surface area contributed by atoms with E-state index in [1.165, 1.54) is 10.4 Å². The second-order valence-corrected chi connectivity index (χ2v) is 8.79. The average molecular weight is 437 g/mol. The highest BCUT2D eigenvalue weighted by Crippen LogP contribution is 2.41. The Morgan fingerprint density at radius 3 is 2.80 bits per heavy atom. The fourth-order valence-corrected chi connectivity index (χ4v) is 5.19. The number of carbonyl (C=O) groups is 1. The molecule has 5 nitrogen and oxygen atoms in total. The van der Waals surface area contributed by atoms with E-state index in [-0.39, 0.29) is 18.0 Å². The van der Waals surface area contributed by atoms with Gasteiger partial charge in [0.05, 0.1) is 17.8 Å². The van der Waals surface area contributed by atoms with Crippen molar-refractivity contribution < 1.29 is 4.79 Å². The van der Waals surface area contributed by atoms with E-state index in [4.69, 9.17) is 12.2 Å². The van der Waals surface area contributed by atoms with Crippen LogP contribution in [0.2, 0.25) is 0 Å². The molecule has 2 atom stereocenters. The number of hydrogen-bond donors (Lipinski definition) is 2. The van der Waals surface area contributed by atoms with Crippen molar-refractivity contribution in [3.63, 3.8) is 0 Å². The second-order valence-electron chi connectivity index (χ2n) is 7.46. The van der Waals surface area contributed by atoms with Gasteiger partial charge in [-0.2, -0.15) is 0 Å². The summed E-state index contributed by atoms with van der Waals surface area (Å²) in [7, 11) is 0. The summed E-state index contributed by atoms with van der Waals surface area (Å²) >= 11 is 7.39. The topological polar surface area (TPSA) is 57.3 Å². The molecular weight excluding hydrogens is 412 g/mol. The number of carbonyl (C=O) groups excluding carboxylic acids is 1. The summed E-state index contributed by atoms with van der Waals surface area (Å²) in [6, 6.07) is 15.8. The summed E-state index contributed by atoms with van der Waals surface area (Å²) in [5.74, 6) is -0.0219. The summed E-state index contributed by atoms with van der Waals surface area (Å²) in [5, 5.41) is 9.18. The van der Waals surface area contributed by atoms with Crippen LogP contribution < -0.4 is 10.6 Å². The summed E-state index contributed by atoms with van der Waals surface area (Å²) in [6.07, 6.45) is 2.15. The lowest BCUT2D eigenvalue weighted by molar-refractivity contribution is -0.116. The lowest BCUT2D eigenvalue weighted by Gasteiger charge is -2.27. The molecule has 0 spiro atoms. The molecule has 0 radical (unpaired) electrons. The Kier molecular flexibility index (Phi) is 6.11. The number of aromatic nitrogens is 1. The molecule has 2 aromatic heterocycles. The van der Waals surface area contributed by atoms with Crippen molar-refractivity contribution in [2.24, 2.45) is 0 Å². The number of pyridine rings is 1. The van der Waals surface area contributed by atoms with Gasteiger partial charge in [0.1, 0.15) is 0 Å². The van der Waals surface area contributed by atoms with Crippen LogP contribution in [-0.2, 0) is 4.79 Å². The van der Waals surface area contributed by atoms with E-state index >= 15 is 0 Å². The zero-order valence-corrected chi connectivity index (χ0v) is 18.6. The number of thiocarbonyl (C=S) groups is 1. The van der Waals surface area contributed by atoms with Crippen LogP contribution in [0.5, 0.6) is 0 Å². The highest BCUT2D eigenvalue weighted by molar-refractivity contribution is 7.80. The van der Waals surface area contributed by atoms with E-state index in [1.807, 2.05) is 49.4 Å². The minimum Gasteiger partial charge on any atom is -0.352 e. The number of amides is 1. The zero-order valence-electron chi connectivity index (χ0n) is 17.0. The Hall–Kier alpha value is -2.77. The molecule has 2 N–H and O–H groups in total. The first kappa shape index (κ1) is 20.5. The third kappa shape index (κ3) is 4.37. The third-order valence-electron chi connectivity index (χ3n) is 5.25. The molecule has 0 bridgehead atoms. The van der Waals surface area contributed by atoms with Crippen LogP contribution in [0.4, 0.5) is 5.69 Å². The predicted octanol–water partition coefficient (Wildman–Crippen LogP) is 4.76. The maximum Gasteiger partial charge on any atom is 0.226 e. The van der Waals surface area contributed by atoms with Gasteiger partial charge in [-0.25, -0.2) is 0 Å². The highest BCUT2D eigenvalue weighted by Gasteiger charge is 2.40. The number of nitrogens with zero attached hydrogens (tertiary/aromatic N) is 2. The van der Waals surface area contributed by atoms with Crippen molar-refractivity contribution in [3.05, 3.63) is 81.8 Å². The normalized spacial score (nSPS) is 18.3. The van der Waals surface area contributed by atoms with Crippen LogP contribution >= 0.6 is 23.6 Å². The molecule has 0 unspecified atom stereocenters. The van der Waals surface area contributed by atoms with Gasteiger partial charge in [-0.15, -0.1) is 11.3 Å². The van der Waals surface area contributed by atoms with E-state index in [2.05, 4.69) is 38.9 Å². The van der Waals surface area contributed by atoms with E-state index in [0.29, 0.717) is 18.1 Å². The first-order chi connectivity index (χ1) is 14.5. The van der Waals surface area contributed by atoms with E-state index in [9.17, 15) is 4.79 Å². The number of anilines is 1. The monoisotopic (exact) mass is 436 g/mol. The van der Waals surface area contributed by atoms with Crippen LogP contribution in [0, 0.1) is 13.8 Å². The molecule has 0 aliphatic carbocycles. The lowest BCUT2D eigenvalue weighted by atomic mass is 10.0. The standard InChI is InChI=1S/C23H24N4OS2/c1-15-6-5-7-17(14-15)25-19(28)9-12-27-21(22-16(2)10-13-30-22)20(26-23(27)29)18-8-3-4-11-24-18/h3-8,10-11,13-14,20-21H,9,12H2,1-2H3,(H,25,28)(H,26,29)/t20-,21+/m1/s1. The van der Waals surface area contributed by atoms with Crippen LogP contribution in [0.25, 0.3) is 0 Å². The van der Waals surface area contributed by atoms with Crippen molar-refractivity contribution in [1.82, 2.24) is 15.2 Å². The Balaban J connectivity index is 1.52. The molecule has 3 heterocycles. The number of nitrogens with one attached hydrogen (secondary N) is 2. The fraction of sp³-hybridized carbons (Fsp3) is 0.261. The second kappa shape index (κ2) is 8.93. The van der Waals surface area contributed by atoms with Gasteiger partial charge in [-0.05, 0) is 72.9 Å². The first-order valence-corrected chi connectivity index (χ1v) is 11.2. The number of thiophene rings is 1. The quantitative estimate of drug-likeness (QED) is 0.546. The summed E-state index contributed by atoms with van der Waals surface area (Å²) < 4.78 is 0. The summed E-state index contributed by atoms with van der Waals surface area (Å²) in [4.78, 5) is 20.5. The number of benzene rings is 1. The van der Waals surface area contributed by atoms with Gasteiger partial charge in [0.2, 0.25) is 5.91 Å². The maximum atomic E-state index is 12.6. The molecule has 1 aliphatic rings. The Morgan fingerprint density at radius 2 is 2.10 bits per heavy atom. The molecule has 1 aliphatic heterocycles. The Labute approximate surface area is 186 Å². The SMILES string of the molecule is Cc1cccc(NC(=O)CCN2C(=S)N[C@H](c3ccccn3)[C@H]2c2sccc2C)c1. The molecule has 0 saturated carbocycles. The molecule has 3 aromatic rings. The Morgan fingerprint density at radius 1 is 1.23 bits per heavy atom. The molecule has 30 heavy (non-hydrogen) atoms. The lowest BCUT2D eigenvalue weighted by Crippen LogP contribution is -2.32. The van der Waals surface area contributed by atoms with Gasteiger partial charge in [-0.3, -0.25) is 9.78 Å². The number of hydrogen-bond acceptors (Lipinski definition) is 4. The highest BCUT2D eigenvalue weighted by atomic mass is 32.1. The molecule has 1 amide bonds. The largest absolute Gasteiger partial charge is 0.352 e. The smallest absolute Gasteiger partial charge is 0.226 e. The van der Waals surface area contributed by atoms with Crippen LogP contribution in [0.3, 0.4) is 0 Å². The minimum atomic E-state index is -0.0455. The van der Waals surface area contributed by atoms with Gasteiger partial charge < -0.3 is 15.5 Å². The number of rotatable bonds is 6. The molecule has 4 rings (SSSR count). The van der Waals surface area contributed by atoms with Gasteiger partial charge >= 0.3 is 0 Å². The molecule has 1 saturated heterocycles. The zero-order chi connectivity index (χ0) is 21.1. The minimum absolute atomic E-state index is 0.0131. The first-order valence-electron chi connectivity index (χ1n) is 9.91. The van der Waals surface area contributed by atoms with Crippen LogP contribution in [0.1, 0.15) is 40.2 Å². The van der Waals surface area contributed by atoms with Crippen LogP contribution in [-0.4, -0.2) is 27.4 Å². The van der Waals surface area contributed by atoms with E-state index < -0.39 is 0 Å². The number of aryl methyl sites for hydroxylation is 2. The summed E-state index contributed by atoms with van der Waals surface area (Å²) in [6.45, 7) is 4.66. The van der Waals surface area contributed by atoms with Crippen molar-refractivity contribution >= 4 is 40.3 Å². The molecule has 7 heteroatoms. The molecule has 1 fully saturated rings.